The second-order valence-corrected chi connectivity index (χ2v) is 8.69. The molecule has 2 aromatic carbocycles. The fourth-order valence-corrected chi connectivity index (χ4v) is 3.44. The first-order valence-electron chi connectivity index (χ1n) is 11.9. The van der Waals surface area contributed by atoms with Crippen molar-refractivity contribution < 1.29 is 82.8 Å². The Bertz CT molecular complexity index is 1460. The first kappa shape index (κ1) is 36.9. The van der Waals surface area contributed by atoms with E-state index in [-0.39, 0.29) is 0 Å². The topological polar surface area (TPSA) is 163 Å². The summed E-state index contributed by atoms with van der Waals surface area (Å²) in [5.74, 6) is -40.3. The van der Waals surface area contributed by atoms with E-state index in [1.807, 2.05) is 0 Å². The fraction of sp³-hybridized carbons (Fsp3) is 0.308. The maximum absolute atomic E-state index is 14.7. The Kier molecular flexibility index (Phi) is 10.7. The van der Waals surface area contributed by atoms with Gasteiger partial charge in [0.05, 0.1) is 62.1 Å². The molecule has 12 nitrogen and oxygen atoms in total. The molecule has 0 spiro atoms. The van der Waals surface area contributed by atoms with Gasteiger partial charge in [0.2, 0.25) is 0 Å². The number of carbonyl (C=O) groups excluding carboxylic acids is 6. The molecule has 0 aliphatic carbocycles. The van der Waals surface area contributed by atoms with Crippen molar-refractivity contribution in [1.29, 1.82) is 0 Å². The molecule has 2 N–H and O–H groups in total. The monoisotopic (exact) mass is 672 g/mol. The number of hydrogen-bond donors (Lipinski definition) is 2. The molecular weight excluding hydrogens is 652 g/mol. The standard InChI is InChI=1S/C26H20F8N2O10/c1-43-17(37)11-5-7-13(19(39)45-3)15(9-11)35-21(41)23(27,28)25(31,32)26(33,34)24(29,30)22(42)36-16-10-12(18(38)44-2)6-8-14(16)20(40)46-4/h5-10H,1-4H3,(H,35,41)(H,36,42). The van der Waals surface area contributed by atoms with E-state index in [1.165, 1.54) is 0 Å². The van der Waals surface area contributed by atoms with Gasteiger partial charge in [0.1, 0.15) is 0 Å². The summed E-state index contributed by atoms with van der Waals surface area (Å²) in [5, 5.41) is 1.96. The Balaban J connectivity index is 2.54. The second-order valence-electron chi connectivity index (χ2n) is 8.69. The largest absolute Gasteiger partial charge is 0.465 e. The molecule has 0 saturated heterocycles. The number of esters is 4. The number of carbonyl (C=O) groups is 6. The molecule has 2 rings (SSSR count). The molecule has 20 heteroatoms. The first-order chi connectivity index (χ1) is 21.2. The highest BCUT2D eigenvalue weighted by Gasteiger charge is 2.84. The van der Waals surface area contributed by atoms with Crippen LogP contribution in [-0.2, 0) is 28.5 Å². The molecule has 2 amide bonds. The van der Waals surface area contributed by atoms with E-state index in [0.29, 0.717) is 24.3 Å². The van der Waals surface area contributed by atoms with Crippen molar-refractivity contribution in [2.24, 2.45) is 0 Å². The molecule has 0 aromatic heterocycles. The van der Waals surface area contributed by atoms with Crippen LogP contribution in [0.15, 0.2) is 36.4 Å². The minimum Gasteiger partial charge on any atom is -0.465 e. The lowest BCUT2D eigenvalue weighted by Crippen LogP contribution is -2.67. The van der Waals surface area contributed by atoms with Gasteiger partial charge in [-0.2, -0.15) is 35.1 Å². The van der Waals surface area contributed by atoms with Crippen LogP contribution in [0, 0.1) is 0 Å². The summed E-state index contributed by atoms with van der Waals surface area (Å²) >= 11 is 0. The van der Waals surface area contributed by atoms with Gasteiger partial charge in [-0.1, -0.05) is 0 Å². The summed E-state index contributed by atoms with van der Waals surface area (Å²) in [4.78, 5) is 71.8. The van der Waals surface area contributed by atoms with Gasteiger partial charge >= 0.3 is 59.4 Å². The van der Waals surface area contributed by atoms with Crippen LogP contribution >= 0.6 is 0 Å². The van der Waals surface area contributed by atoms with Crippen LogP contribution in [0.3, 0.4) is 0 Å². The van der Waals surface area contributed by atoms with E-state index in [2.05, 4.69) is 18.9 Å². The predicted molar refractivity (Wildman–Crippen MR) is 135 cm³/mol. The molecule has 46 heavy (non-hydrogen) atoms. The van der Waals surface area contributed by atoms with Crippen LogP contribution in [0.2, 0.25) is 0 Å². The molecule has 0 heterocycles. The lowest BCUT2D eigenvalue weighted by atomic mass is 9.96. The minimum absolute atomic E-state index is 0.422. The Morgan fingerprint density at radius 3 is 1.04 bits per heavy atom. The van der Waals surface area contributed by atoms with Crippen LogP contribution in [0.1, 0.15) is 41.4 Å². The third kappa shape index (κ3) is 6.54. The number of nitrogens with one attached hydrogen (secondary N) is 2. The van der Waals surface area contributed by atoms with Gasteiger partial charge in [-0.25, -0.2) is 19.2 Å². The highest BCUT2D eigenvalue weighted by atomic mass is 19.4. The zero-order chi connectivity index (χ0) is 35.4. The molecule has 0 fully saturated rings. The van der Waals surface area contributed by atoms with Crippen LogP contribution in [0.4, 0.5) is 46.5 Å². The summed E-state index contributed by atoms with van der Waals surface area (Å²) in [6.45, 7) is 0. The van der Waals surface area contributed by atoms with Crippen molar-refractivity contribution in [2.75, 3.05) is 39.1 Å². The minimum atomic E-state index is -7.37. The van der Waals surface area contributed by atoms with Crippen LogP contribution in [0.5, 0.6) is 0 Å². The quantitative estimate of drug-likeness (QED) is 0.203. The number of halogens is 8. The molecule has 0 saturated carbocycles. The Labute approximate surface area is 251 Å². The summed E-state index contributed by atoms with van der Waals surface area (Å²) in [5.41, 5.74) is -5.31. The van der Waals surface area contributed by atoms with E-state index in [1.54, 1.807) is 0 Å². The maximum Gasteiger partial charge on any atom is 0.393 e. The van der Waals surface area contributed by atoms with Gasteiger partial charge in [0, 0.05) is 0 Å². The van der Waals surface area contributed by atoms with Gasteiger partial charge in [0.25, 0.3) is 0 Å². The highest BCUT2D eigenvalue weighted by molar-refractivity contribution is 6.07. The smallest absolute Gasteiger partial charge is 0.393 e. The van der Waals surface area contributed by atoms with Crippen molar-refractivity contribution in [1.82, 2.24) is 0 Å². The van der Waals surface area contributed by atoms with E-state index in [4.69, 9.17) is 0 Å². The molecule has 0 aliphatic heterocycles. The number of ether oxygens (including phenoxy) is 4. The van der Waals surface area contributed by atoms with Gasteiger partial charge in [-0.3, -0.25) is 9.59 Å². The number of benzene rings is 2. The van der Waals surface area contributed by atoms with Crippen molar-refractivity contribution in [3.63, 3.8) is 0 Å². The zero-order valence-electron chi connectivity index (χ0n) is 23.6. The third-order valence-electron chi connectivity index (χ3n) is 5.94. The summed E-state index contributed by atoms with van der Waals surface area (Å²) < 4.78 is 135. The highest BCUT2D eigenvalue weighted by Crippen LogP contribution is 2.53. The van der Waals surface area contributed by atoms with Gasteiger partial charge < -0.3 is 29.6 Å². The number of hydrogen-bond acceptors (Lipinski definition) is 10. The van der Waals surface area contributed by atoms with Crippen LogP contribution < -0.4 is 10.6 Å². The summed E-state index contributed by atoms with van der Waals surface area (Å²) in [6.07, 6.45) is 0. The molecule has 0 atom stereocenters. The van der Waals surface area contributed by atoms with E-state index >= 15 is 0 Å². The van der Waals surface area contributed by atoms with Gasteiger partial charge in [-0.15, -0.1) is 0 Å². The van der Waals surface area contributed by atoms with Crippen molar-refractivity contribution in [3.05, 3.63) is 58.7 Å². The van der Waals surface area contributed by atoms with Crippen LogP contribution in [-0.4, -0.2) is 87.8 Å². The normalized spacial score (nSPS) is 12.0. The molecule has 0 bridgehead atoms. The molecule has 0 aliphatic rings. The summed E-state index contributed by atoms with van der Waals surface area (Å²) in [7, 11) is 3.18. The van der Waals surface area contributed by atoms with Crippen molar-refractivity contribution >= 4 is 47.1 Å². The zero-order valence-corrected chi connectivity index (χ0v) is 23.6. The number of alkyl halides is 8. The van der Waals surface area contributed by atoms with E-state index in [0.717, 1.165) is 51.2 Å². The third-order valence-corrected chi connectivity index (χ3v) is 5.94. The Morgan fingerprint density at radius 1 is 0.500 bits per heavy atom. The SMILES string of the molecule is COC(=O)c1ccc(C(=O)OC)c(NC(=O)C(F)(F)C(F)(F)C(F)(F)C(F)(F)C(=O)Nc2cc(C(=O)OC)ccc2C(=O)OC)c1. The molecule has 250 valence electrons. The lowest BCUT2D eigenvalue weighted by Gasteiger charge is -2.35. The van der Waals surface area contributed by atoms with Gasteiger partial charge in [-0.05, 0) is 36.4 Å². The summed E-state index contributed by atoms with van der Waals surface area (Å²) in [6, 6.07) is 3.84. The lowest BCUT2D eigenvalue weighted by molar-refractivity contribution is -0.345. The number of amides is 2. The molecule has 2 aromatic rings. The fourth-order valence-electron chi connectivity index (χ4n) is 3.44. The number of rotatable bonds is 11. The van der Waals surface area contributed by atoms with E-state index in [9.17, 15) is 63.9 Å². The van der Waals surface area contributed by atoms with Gasteiger partial charge in [0.15, 0.2) is 0 Å². The Morgan fingerprint density at radius 2 is 0.783 bits per heavy atom. The molecular formula is C26H20F8N2O10. The van der Waals surface area contributed by atoms with Crippen LogP contribution in [0.25, 0.3) is 0 Å². The second kappa shape index (κ2) is 13.4. The average molecular weight is 672 g/mol. The van der Waals surface area contributed by atoms with E-state index < -0.39 is 93.0 Å². The number of methoxy groups -OCH3 is 4. The molecule has 0 unspecified atom stereocenters. The maximum atomic E-state index is 14.7. The Hall–Kier alpha value is -5.30. The first-order valence-corrected chi connectivity index (χ1v) is 11.9. The van der Waals surface area contributed by atoms with Crippen molar-refractivity contribution in [3.8, 4) is 0 Å². The average Bonchev–Trinajstić information content (AvgIpc) is 3.02. The predicted octanol–water partition coefficient (Wildman–Crippen LogP) is 3.95. The molecule has 0 radical (unpaired) electrons. The number of anilines is 2. The van der Waals surface area contributed by atoms with Crippen molar-refractivity contribution in [2.45, 2.75) is 23.7 Å².